The van der Waals surface area contributed by atoms with Gasteiger partial charge in [-0.25, -0.2) is 8.78 Å². The van der Waals surface area contributed by atoms with Crippen LogP contribution in [0.1, 0.15) is 35.4 Å². The Balaban J connectivity index is 3.17. The average molecular weight is 213 g/mol. The van der Waals surface area contributed by atoms with Crippen LogP contribution in [0.25, 0.3) is 0 Å². The number of Topliss-reactive ketones (excluding diaryl/α,β-unsaturated/α-hetero) is 1. The van der Waals surface area contributed by atoms with Crippen LogP contribution in [-0.2, 0) is 0 Å². The molecular formula is C11H13F2NO. The smallest absolute Gasteiger partial charge is 0.164 e. The first-order valence-electron chi connectivity index (χ1n) is 4.73. The molecule has 0 saturated heterocycles. The molecule has 0 heterocycles. The van der Waals surface area contributed by atoms with Crippen molar-refractivity contribution in [1.29, 1.82) is 0 Å². The molecule has 0 bridgehead atoms. The molecule has 0 saturated carbocycles. The molecule has 0 aromatic heterocycles. The summed E-state index contributed by atoms with van der Waals surface area (Å²) in [6, 6.07) is 3.96. The molecule has 1 aromatic carbocycles. The van der Waals surface area contributed by atoms with Crippen LogP contribution in [0.15, 0.2) is 18.2 Å². The normalized spacial score (nSPS) is 12.5. The van der Waals surface area contributed by atoms with E-state index in [0.29, 0.717) is 0 Å². The van der Waals surface area contributed by atoms with Gasteiger partial charge in [-0.3, -0.25) is 4.79 Å². The van der Waals surface area contributed by atoms with E-state index >= 15 is 0 Å². The van der Waals surface area contributed by atoms with E-state index in [9.17, 15) is 13.6 Å². The summed E-state index contributed by atoms with van der Waals surface area (Å²) in [7, 11) is 0. The zero-order valence-electron chi connectivity index (χ0n) is 8.47. The standard InChI is InChI=1S/C11H13F2NO/c1-7(12)11-8(10(15)5-6-14)3-2-4-9(11)13/h2-4,7H,5-6,14H2,1H3. The van der Waals surface area contributed by atoms with Crippen LogP contribution in [0.3, 0.4) is 0 Å². The Kier molecular flexibility index (Phi) is 3.91. The Hall–Kier alpha value is -1.29. The Morgan fingerprint density at radius 1 is 1.53 bits per heavy atom. The largest absolute Gasteiger partial charge is 0.330 e. The van der Waals surface area contributed by atoms with Crippen molar-refractivity contribution in [2.24, 2.45) is 5.73 Å². The monoisotopic (exact) mass is 213 g/mol. The average Bonchev–Trinajstić information content (AvgIpc) is 2.17. The molecule has 1 atom stereocenters. The number of alkyl halides is 1. The van der Waals surface area contributed by atoms with Crippen molar-refractivity contribution in [1.82, 2.24) is 0 Å². The molecule has 15 heavy (non-hydrogen) atoms. The van der Waals surface area contributed by atoms with Gasteiger partial charge in [0.1, 0.15) is 12.0 Å². The van der Waals surface area contributed by atoms with Crippen LogP contribution in [0.4, 0.5) is 8.78 Å². The second-order valence-electron chi connectivity index (χ2n) is 3.28. The molecule has 1 aromatic rings. The van der Waals surface area contributed by atoms with Gasteiger partial charge in [0, 0.05) is 17.5 Å². The number of carbonyl (C=O) groups is 1. The zero-order chi connectivity index (χ0) is 11.4. The summed E-state index contributed by atoms with van der Waals surface area (Å²) >= 11 is 0. The highest BCUT2D eigenvalue weighted by atomic mass is 19.1. The third-order valence-electron chi connectivity index (χ3n) is 2.12. The number of ketones is 1. The van der Waals surface area contributed by atoms with E-state index < -0.39 is 12.0 Å². The molecular weight excluding hydrogens is 200 g/mol. The third-order valence-corrected chi connectivity index (χ3v) is 2.12. The van der Waals surface area contributed by atoms with E-state index in [1.54, 1.807) is 0 Å². The molecule has 82 valence electrons. The lowest BCUT2D eigenvalue weighted by molar-refractivity contribution is 0.0982. The van der Waals surface area contributed by atoms with Crippen LogP contribution in [0, 0.1) is 5.82 Å². The van der Waals surface area contributed by atoms with Gasteiger partial charge in [0.2, 0.25) is 0 Å². The number of rotatable bonds is 4. The number of benzene rings is 1. The fourth-order valence-corrected chi connectivity index (χ4v) is 1.45. The predicted octanol–water partition coefficient (Wildman–Crippen LogP) is 2.39. The van der Waals surface area contributed by atoms with Crippen molar-refractivity contribution in [3.05, 3.63) is 35.1 Å². The lowest BCUT2D eigenvalue weighted by atomic mass is 9.98. The summed E-state index contributed by atoms with van der Waals surface area (Å²) in [4.78, 5) is 11.5. The minimum Gasteiger partial charge on any atom is -0.330 e. The zero-order valence-corrected chi connectivity index (χ0v) is 8.47. The summed E-state index contributed by atoms with van der Waals surface area (Å²) in [5.74, 6) is -1.01. The van der Waals surface area contributed by atoms with Crippen molar-refractivity contribution < 1.29 is 13.6 Å². The number of carbonyl (C=O) groups excluding carboxylic acids is 1. The Morgan fingerprint density at radius 2 is 2.20 bits per heavy atom. The first-order chi connectivity index (χ1) is 7.07. The summed E-state index contributed by atoms with van der Waals surface area (Å²) in [6.45, 7) is 1.38. The molecule has 0 radical (unpaired) electrons. The van der Waals surface area contributed by atoms with Crippen LogP contribution in [0.5, 0.6) is 0 Å². The van der Waals surface area contributed by atoms with Crippen molar-refractivity contribution >= 4 is 5.78 Å². The summed E-state index contributed by atoms with van der Waals surface area (Å²) in [6.07, 6.45) is -1.40. The fraction of sp³-hybridized carbons (Fsp3) is 0.364. The van der Waals surface area contributed by atoms with Gasteiger partial charge < -0.3 is 5.73 Å². The molecule has 2 N–H and O–H groups in total. The Labute approximate surface area is 87.1 Å². The molecule has 0 aliphatic carbocycles. The summed E-state index contributed by atoms with van der Waals surface area (Å²) in [5.41, 5.74) is 5.15. The van der Waals surface area contributed by atoms with Gasteiger partial charge in [0.15, 0.2) is 5.78 Å². The second kappa shape index (κ2) is 4.98. The van der Waals surface area contributed by atoms with Crippen LogP contribution in [0.2, 0.25) is 0 Å². The minimum atomic E-state index is -1.50. The van der Waals surface area contributed by atoms with E-state index in [1.807, 2.05) is 0 Å². The van der Waals surface area contributed by atoms with Gasteiger partial charge in [0.05, 0.1) is 0 Å². The molecule has 0 aliphatic rings. The van der Waals surface area contributed by atoms with Crippen molar-refractivity contribution in [3.63, 3.8) is 0 Å². The van der Waals surface area contributed by atoms with Crippen LogP contribution < -0.4 is 5.73 Å². The highest BCUT2D eigenvalue weighted by molar-refractivity contribution is 5.97. The summed E-state index contributed by atoms with van der Waals surface area (Å²) < 4.78 is 26.4. The van der Waals surface area contributed by atoms with Crippen LogP contribution >= 0.6 is 0 Å². The van der Waals surface area contributed by atoms with Gasteiger partial charge in [0.25, 0.3) is 0 Å². The highest BCUT2D eigenvalue weighted by Crippen LogP contribution is 2.25. The van der Waals surface area contributed by atoms with E-state index in [2.05, 4.69) is 0 Å². The second-order valence-corrected chi connectivity index (χ2v) is 3.28. The van der Waals surface area contributed by atoms with Crippen molar-refractivity contribution in [2.75, 3.05) is 6.54 Å². The molecule has 2 nitrogen and oxygen atoms in total. The van der Waals surface area contributed by atoms with Gasteiger partial charge in [-0.1, -0.05) is 12.1 Å². The van der Waals surface area contributed by atoms with E-state index in [0.717, 1.165) is 6.07 Å². The molecule has 4 heteroatoms. The van der Waals surface area contributed by atoms with E-state index in [1.165, 1.54) is 19.1 Å². The molecule has 1 unspecified atom stereocenters. The quantitative estimate of drug-likeness (QED) is 0.780. The van der Waals surface area contributed by atoms with Gasteiger partial charge >= 0.3 is 0 Å². The molecule has 0 aliphatic heterocycles. The first-order valence-corrected chi connectivity index (χ1v) is 4.73. The lowest BCUT2D eigenvalue weighted by Crippen LogP contribution is -2.11. The topological polar surface area (TPSA) is 43.1 Å². The van der Waals surface area contributed by atoms with Crippen molar-refractivity contribution in [3.8, 4) is 0 Å². The maximum absolute atomic E-state index is 13.3. The number of nitrogens with two attached hydrogens (primary N) is 1. The number of hydrogen-bond donors (Lipinski definition) is 1. The van der Waals surface area contributed by atoms with Gasteiger partial charge in [-0.15, -0.1) is 0 Å². The minimum absolute atomic E-state index is 0.0930. The summed E-state index contributed by atoms with van der Waals surface area (Å²) in [5, 5.41) is 0. The number of hydrogen-bond acceptors (Lipinski definition) is 2. The van der Waals surface area contributed by atoms with Crippen molar-refractivity contribution in [2.45, 2.75) is 19.5 Å². The van der Waals surface area contributed by atoms with Crippen LogP contribution in [-0.4, -0.2) is 12.3 Å². The number of halogens is 2. The lowest BCUT2D eigenvalue weighted by Gasteiger charge is -2.10. The Morgan fingerprint density at radius 3 is 2.73 bits per heavy atom. The molecule has 0 spiro atoms. The predicted molar refractivity (Wildman–Crippen MR) is 53.9 cm³/mol. The Bertz CT molecular complexity index is 364. The molecule has 0 fully saturated rings. The molecule has 1 rings (SSSR count). The fourth-order valence-electron chi connectivity index (χ4n) is 1.45. The van der Waals surface area contributed by atoms with Gasteiger partial charge in [-0.05, 0) is 19.5 Å². The highest BCUT2D eigenvalue weighted by Gasteiger charge is 2.18. The molecule has 0 amide bonds. The van der Waals surface area contributed by atoms with E-state index in [4.69, 9.17) is 5.73 Å². The maximum Gasteiger partial charge on any atom is 0.164 e. The van der Waals surface area contributed by atoms with E-state index in [-0.39, 0.29) is 29.9 Å². The third kappa shape index (κ3) is 2.59. The SMILES string of the molecule is CC(F)c1c(F)cccc1C(=O)CCN. The first kappa shape index (κ1) is 11.8. The maximum atomic E-state index is 13.3. The van der Waals surface area contributed by atoms with Gasteiger partial charge in [-0.2, -0.15) is 0 Å².